The first-order valence-corrected chi connectivity index (χ1v) is 8.54. The molecule has 0 unspecified atom stereocenters. The zero-order chi connectivity index (χ0) is 18.5. The van der Waals surface area contributed by atoms with Crippen LogP contribution in [0.2, 0.25) is 10.0 Å². The van der Waals surface area contributed by atoms with Crippen LogP contribution >= 0.6 is 23.2 Å². The Labute approximate surface area is 158 Å². The van der Waals surface area contributed by atoms with Crippen molar-refractivity contribution in [1.82, 2.24) is 15.4 Å². The van der Waals surface area contributed by atoms with E-state index in [1.165, 1.54) is 6.21 Å². The minimum absolute atomic E-state index is 0.0714. The number of para-hydroxylation sites is 2. The maximum absolute atomic E-state index is 12.0. The lowest BCUT2D eigenvalue weighted by molar-refractivity contribution is -0.121. The number of amides is 1. The summed E-state index contributed by atoms with van der Waals surface area (Å²) in [4.78, 5) is 31.0. The summed E-state index contributed by atoms with van der Waals surface area (Å²) in [5.41, 5.74) is 4.24. The van der Waals surface area contributed by atoms with Crippen LogP contribution in [0, 0.1) is 0 Å². The van der Waals surface area contributed by atoms with E-state index in [0.29, 0.717) is 32.3 Å². The molecule has 132 valence electrons. The molecule has 0 bridgehead atoms. The van der Waals surface area contributed by atoms with Gasteiger partial charge in [-0.15, -0.1) is 0 Å². The van der Waals surface area contributed by atoms with Crippen molar-refractivity contribution >= 4 is 46.4 Å². The van der Waals surface area contributed by atoms with E-state index in [2.05, 4.69) is 20.5 Å². The normalized spacial score (nSPS) is 11.2. The molecule has 0 spiro atoms. The third-order valence-electron chi connectivity index (χ3n) is 3.64. The molecule has 26 heavy (non-hydrogen) atoms. The van der Waals surface area contributed by atoms with E-state index >= 15 is 0 Å². The second-order valence-corrected chi connectivity index (χ2v) is 6.27. The Morgan fingerprint density at radius 2 is 1.88 bits per heavy atom. The van der Waals surface area contributed by atoms with E-state index in [4.69, 9.17) is 23.2 Å². The fraction of sp³-hybridized carbons (Fsp3) is 0.111. The number of benzene rings is 2. The van der Waals surface area contributed by atoms with Gasteiger partial charge in [0.1, 0.15) is 5.69 Å². The fourth-order valence-electron chi connectivity index (χ4n) is 2.33. The molecule has 0 saturated heterocycles. The number of nitrogens with zero attached hydrogens (tertiary/aromatic N) is 2. The molecule has 2 aromatic carbocycles. The molecule has 0 aliphatic carbocycles. The quantitative estimate of drug-likeness (QED) is 0.519. The molecule has 0 fully saturated rings. The molecule has 0 saturated carbocycles. The number of H-pyrrole nitrogens is 1. The number of halogens is 2. The van der Waals surface area contributed by atoms with Crippen LogP contribution in [0.3, 0.4) is 0 Å². The number of aromatic nitrogens is 2. The van der Waals surface area contributed by atoms with E-state index in [-0.39, 0.29) is 24.3 Å². The number of fused-ring (bicyclic) bond motifs is 1. The molecular formula is C18H14Cl2N4O2. The molecule has 1 aromatic heterocycles. The molecule has 2 N–H and O–H groups in total. The van der Waals surface area contributed by atoms with Gasteiger partial charge in [-0.25, -0.2) is 10.4 Å². The third kappa shape index (κ3) is 4.28. The molecule has 3 rings (SSSR count). The Bertz CT molecular complexity index is 1030. The lowest BCUT2D eigenvalue weighted by Gasteiger charge is -2.03. The Hall–Kier alpha value is -2.70. The SMILES string of the molecule is O=C(CCc1nc2ccccc2[nH]c1=O)N/N=C\c1c(Cl)cccc1Cl. The highest BCUT2D eigenvalue weighted by molar-refractivity contribution is 6.38. The number of nitrogens with one attached hydrogen (secondary N) is 2. The second-order valence-electron chi connectivity index (χ2n) is 5.46. The number of carbonyl (C=O) groups is 1. The van der Waals surface area contributed by atoms with Gasteiger partial charge in [0.15, 0.2) is 0 Å². The molecule has 1 heterocycles. The molecule has 3 aromatic rings. The fourth-order valence-corrected chi connectivity index (χ4v) is 2.82. The number of carbonyl (C=O) groups excluding carboxylic acids is 1. The summed E-state index contributed by atoms with van der Waals surface area (Å²) in [6, 6.07) is 12.3. The standard InChI is InChI=1S/C18H14Cl2N4O2/c19-12-4-3-5-13(20)11(12)10-21-24-17(25)9-8-16-18(26)23-15-7-2-1-6-14(15)22-16/h1-7,10H,8-9H2,(H,23,26)(H,24,25)/b21-10-. The first-order chi connectivity index (χ1) is 12.5. The molecule has 0 radical (unpaired) electrons. The topological polar surface area (TPSA) is 87.2 Å². The number of aryl methyl sites for hydroxylation is 1. The van der Waals surface area contributed by atoms with E-state index < -0.39 is 0 Å². The van der Waals surface area contributed by atoms with Crippen LogP contribution in [0.15, 0.2) is 52.4 Å². The van der Waals surface area contributed by atoms with Gasteiger partial charge >= 0.3 is 0 Å². The molecule has 6 nitrogen and oxygen atoms in total. The Balaban J connectivity index is 1.62. The first kappa shape index (κ1) is 18.1. The number of hydrogen-bond donors (Lipinski definition) is 2. The first-order valence-electron chi connectivity index (χ1n) is 7.78. The van der Waals surface area contributed by atoms with Crippen LogP contribution < -0.4 is 11.0 Å². The van der Waals surface area contributed by atoms with Crippen LogP contribution in [-0.4, -0.2) is 22.1 Å². The molecule has 8 heteroatoms. The van der Waals surface area contributed by atoms with Crippen molar-refractivity contribution in [3.05, 3.63) is 74.1 Å². The van der Waals surface area contributed by atoms with Crippen LogP contribution in [0.4, 0.5) is 0 Å². The maximum atomic E-state index is 12.0. The van der Waals surface area contributed by atoms with Crippen molar-refractivity contribution in [3.8, 4) is 0 Å². The van der Waals surface area contributed by atoms with Crippen molar-refractivity contribution in [2.75, 3.05) is 0 Å². The molecular weight excluding hydrogens is 375 g/mol. The summed E-state index contributed by atoms with van der Waals surface area (Å²) in [6.07, 6.45) is 1.65. The zero-order valence-corrected chi connectivity index (χ0v) is 15.0. The van der Waals surface area contributed by atoms with Gasteiger partial charge in [0.25, 0.3) is 5.56 Å². The van der Waals surface area contributed by atoms with Gasteiger partial charge in [-0.1, -0.05) is 41.4 Å². The maximum Gasteiger partial charge on any atom is 0.270 e. The lowest BCUT2D eigenvalue weighted by atomic mass is 10.2. The van der Waals surface area contributed by atoms with Crippen molar-refractivity contribution in [3.63, 3.8) is 0 Å². The summed E-state index contributed by atoms with van der Waals surface area (Å²) in [5, 5.41) is 4.71. The lowest BCUT2D eigenvalue weighted by Crippen LogP contribution is -2.21. The van der Waals surface area contributed by atoms with Crippen molar-refractivity contribution in [2.24, 2.45) is 5.10 Å². The largest absolute Gasteiger partial charge is 0.319 e. The van der Waals surface area contributed by atoms with Crippen molar-refractivity contribution in [1.29, 1.82) is 0 Å². The van der Waals surface area contributed by atoms with Gasteiger partial charge in [-0.3, -0.25) is 9.59 Å². The summed E-state index contributed by atoms with van der Waals surface area (Å²) in [7, 11) is 0. The van der Waals surface area contributed by atoms with Crippen LogP contribution in [0.5, 0.6) is 0 Å². The Kier molecular flexibility index (Phi) is 5.65. The highest BCUT2D eigenvalue weighted by Gasteiger charge is 2.08. The summed E-state index contributed by atoms with van der Waals surface area (Å²) in [5.74, 6) is -0.348. The highest BCUT2D eigenvalue weighted by atomic mass is 35.5. The third-order valence-corrected chi connectivity index (χ3v) is 4.30. The number of hydrazone groups is 1. The molecule has 0 atom stereocenters. The Morgan fingerprint density at radius 1 is 1.15 bits per heavy atom. The number of hydrogen-bond acceptors (Lipinski definition) is 4. The average Bonchev–Trinajstić information content (AvgIpc) is 2.62. The zero-order valence-electron chi connectivity index (χ0n) is 13.5. The van der Waals surface area contributed by atoms with Gasteiger partial charge in [0, 0.05) is 18.4 Å². The smallest absolute Gasteiger partial charge is 0.270 e. The number of aromatic amines is 1. The van der Waals surface area contributed by atoms with E-state index in [0.717, 1.165) is 0 Å². The van der Waals surface area contributed by atoms with Gasteiger partial charge in [-0.2, -0.15) is 5.10 Å². The molecule has 0 aliphatic rings. The van der Waals surface area contributed by atoms with E-state index in [1.54, 1.807) is 30.3 Å². The predicted molar refractivity (Wildman–Crippen MR) is 103 cm³/mol. The van der Waals surface area contributed by atoms with Gasteiger partial charge in [-0.05, 0) is 24.3 Å². The van der Waals surface area contributed by atoms with E-state index in [1.807, 2.05) is 12.1 Å². The minimum Gasteiger partial charge on any atom is -0.319 e. The van der Waals surface area contributed by atoms with Crippen LogP contribution in [-0.2, 0) is 11.2 Å². The molecule has 1 amide bonds. The van der Waals surface area contributed by atoms with Crippen LogP contribution in [0.25, 0.3) is 11.0 Å². The van der Waals surface area contributed by atoms with E-state index in [9.17, 15) is 9.59 Å². The minimum atomic E-state index is -0.348. The van der Waals surface area contributed by atoms with Crippen molar-refractivity contribution < 1.29 is 4.79 Å². The van der Waals surface area contributed by atoms with Gasteiger partial charge in [0.05, 0.1) is 27.3 Å². The monoisotopic (exact) mass is 388 g/mol. The average molecular weight is 389 g/mol. The van der Waals surface area contributed by atoms with Crippen LogP contribution in [0.1, 0.15) is 17.7 Å². The van der Waals surface area contributed by atoms with Gasteiger partial charge in [0.2, 0.25) is 5.91 Å². The summed E-state index contributed by atoms with van der Waals surface area (Å²) >= 11 is 12.0. The highest BCUT2D eigenvalue weighted by Crippen LogP contribution is 2.21. The molecule has 0 aliphatic heterocycles. The number of rotatable bonds is 5. The summed E-state index contributed by atoms with van der Waals surface area (Å²) in [6.45, 7) is 0. The van der Waals surface area contributed by atoms with Gasteiger partial charge < -0.3 is 4.98 Å². The Morgan fingerprint density at radius 3 is 2.65 bits per heavy atom. The summed E-state index contributed by atoms with van der Waals surface area (Å²) < 4.78 is 0. The van der Waals surface area contributed by atoms with Crippen molar-refractivity contribution in [2.45, 2.75) is 12.8 Å². The second kappa shape index (κ2) is 8.12. The predicted octanol–water partition coefficient (Wildman–Crippen LogP) is 3.31.